The summed E-state index contributed by atoms with van der Waals surface area (Å²) in [6, 6.07) is 4.37. The Labute approximate surface area is 130 Å². The molecule has 0 aliphatic carbocycles. The van der Waals surface area contributed by atoms with E-state index in [0.717, 1.165) is 19.3 Å². The van der Waals surface area contributed by atoms with Crippen molar-refractivity contribution in [2.75, 3.05) is 20.2 Å². The van der Waals surface area contributed by atoms with Gasteiger partial charge in [-0.25, -0.2) is 8.42 Å². The molecule has 1 fully saturated rings. The van der Waals surface area contributed by atoms with E-state index in [4.69, 9.17) is 21.4 Å². The molecule has 0 aromatic heterocycles. The number of aliphatic hydroxyl groups excluding tert-OH is 1. The summed E-state index contributed by atoms with van der Waals surface area (Å²) in [6.45, 7) is 0.808. The first-order valence-electron chi connectivity index (χ1n) is 6.92. The predicted molar refractivity (Wildman–Crippen MR) is 80.8 cm³/mol. The van der Waals surface area contributed by atoms with Gasteiger partial charge in [0.05, 0.1) is 17.6 Å². The van der Waals surface area contributed by atoms with Crippen molar-refractivity contribution in [1.29, 1.82) is 0 Å². The summed E-state index contributed by atoms with van der Waals surface area (Å²) in [7, 11) is -2.06. The lowest BCUT2D eigenvalue weighted by Gasteiger charge is -2.27. The Bertz CT molecular complexity index is 585. The average molecular weight is 334 g/mol. The highest BCUT2D eigenvalue weighted by atomic mass is 35.5. The third kappa shape index (κ3) is 3.96. The fraction of sp³-hybridized carbons (Fsp3) is 0.571. The van der Waals surface area contributed by atoms with Crippen molar-refractivity contribution in [3.63, 3.8) is 0 Å². The second-order valence-corrected chi connectivity index (χ2v) is 7.64. The molecule has 1 N–H and O–H groups in total. The molecular weight excluding hydrogens is 314 g/mol. The summed E-state index contributed by atoms with van der Waals surface area (Å²) in [5.41, 5.74) is 0.508. The molecule has 5 nitrogen and oxygen atoms in total. The molecule has 21 heavy (non-hydrogen) atoms. The molecule has 7 heteroatoms. The number of aliphatic hydroxyl groups is 1. The van der Waals surface area contributed by atoms with E-state index >= 15 is 0 Å². The zero-order valence-electron chi connectivity index (χ0n) is 12.0. The first kappa shape index (κ1) is 16.7. The van der Waals surface area contributed by atoms with Crippen LogP contribution in [0, 0.1) is 0 Å². The number of hydrogen-bond donors (Lipinski definition) is 1. The molecule has 2 rings (SSSR count). The van der Waals surface area contributed by atoms with E-state index in [1.54, 1.807) is 7.05 Å². The summed E-state index contributed by atoms with van der Waals surface area (Å²) < 4.78 is 31.9. The summed E-state index contributed by atoms with van der Waals surface area (Å²) in [6.07, 6.45) is 2.93. The highest BCUT2D eigenvalue weighted by Crippen LogP contribution is 2.24. The molecule has 1 heterocycles. The van der Waals surface area contributed by atoms with E-state index < -0.39 is 10.0 Å². The van der Waals surface area contributed by atoms with Crippen molar-refractivity contribution >= 4 is 21.6 Å². The second kappa shape index (κ2) is 7.07. The number of benzene rings is 1. The Morgan fingerprint density at radius 1 is 1.43 bits per heavy atom. The molecule has 0 spiro atoms. The summed E-state index contributed by atoms with van der Waals surface area (Å²) in [4.78, 5) is 0.128. The maximum Gasteiger partial charge on any atom is 0.242 e. The Hall–Kier alpha value is -0.660. The lowest BCUT2D eigenvalue weighted by Crippen LogP contribution is -2.37. The molecule has 0 saturated carbocycles. The third-order valence-corrected chi connectivity index (χ3v) is 5.81. The SMILES string of the molecule is CN(CC1CCCCO1)S(=O)(=O)c1ccc(CO)c(Cl)c1. The van der Waals surface area contributed by atoms with Crippen LogP contribution in [0.4, 0.5) is 0 Å². The molecule has 0 bridgehead atoms. The van der Waals surface area contributed by atoms with Crippen molar-refractivity contribution in [2.24, 2.45) is 0 Å². The molecule has 1 aromatic carbocycles. The van der Waals surface area contributed by atoms with Crippen LogP contribution in [0.1, 0.15) is 24.8 Å². The Morgan fingerprint density at radius 2 is 2.19 bits per heavy atom. The van der Waals surface area contributed by atoms with Crippen LogP contribution < -0.4 is 0 Å². The van der Waals surface area contributed by atoms with Gasteiger partial charge in [-0.2, -0.15) is 4.31 Å². The van der Waals surface area contributed by atoms with E-state index in [9.17, 15) is 8.42 Å². The monoisotopic (exact) mass is 333 g/mol. The van der Waals surface area contributed by atoms with Gasteiger partial charge in [-0.1, -0.05) is 17.7 Å². The number of rotatable bonds is 5. The highest BCUT2D eigenvalue weighted by molar-refractivity contribution is 7.89. The van der Waals surface area contributed by atoms with Crippen molar-refractivity contribution < 1.29 is 18.3 Å². The molecule has 1 saturated heterocycles. The molecule has 1 aromatic rings. The van der Waals surface area contributed by atoms with Crippen LogP contribution in [-0.4, -0.2) is 44.1 Å². The molecular formula is C14H20ClNO4S. The second-order valence-electron chi connectivity index (χ2n) is 5.19. The minimum absolute atomic E-state index is 0.0503. The minimum atomic E-state index is -3.60. The van der Waals surface area contributed by atoms with Gasteiger partial charge < -0.3 is 9.84 Å². The van der Waals surface area contributed by atoms with Crippen LogP contribution in [0.3, 0.4) is 0 Å². The van der Waals surface area contributed by atoms with Gasteiger partial charge >= 0.3 is 0 Å². The largest absolute Gasteiger partial charge is 0.392 e. The maximum absolute atomic E-state index is 12.5. The summed E-state index contributed by atoms with van der Waals surface area (Å²) in [5.74, 6) is 0. The summed E-state index contributed by atoms with van der Waals surface area (Å²) >= 11 is 5.96. The number of hydrogen-bond acceptors (Lipinski definition) is 4. The van der Waals surface area contributed by atoms with E-state index in [-0.39, 0.29) is 22.6 Å². The van der Waals surface area contributed by atoms with Crippen LogP contribution in [0.5, 0.6) is 0 Å². The van der Waals surface area contributed by atoms with Crippen LogP contribution in [0.15, 0.2) is 23.1 Å². The molecule has 0 amide bonds. The number of likely N-dealkylation sites (N-methyl/N-ethyl adjacent to an activating group) is 1. The van der Waals surface area contributed by atoms with Crippen LogP contribution in [0.2, 0.25) is 5.02 Å². The van der Waals surface area contributed by atoms with Crippen molar-refractivity contribution in [3.05, 3.63) is 28.8 Å². The van der Waals surface area contributed by atoms with E-state index in [1.165, 1.54) is 22.5 Å². The van der Waals surface area contributed by atoms with Crippen LogP contribution >= 0.6 is 11.6 Å². The lowest BCUT2D eigenvalue weighted by atomic mass is 10.1. The first-order valence-corrected chi connectivity index (χ1v) is 8.74. The molecule has 1 aliphatic heterocycles. The Balaban J connectivity index is 2.14. The zero-order valence-corrected chi connectivity index (χ0v) is 13.5. The Morgan fingerprint density at radius 3 is 2.76 bits per heavy atom. The van der Waals surface area contributed by atoms with Crippen molar-refractivity contribution in [1.82, 2.24) is 4.31 Å². The van der Waals surface area contributed by atoms with Gasteiger partial charge in [-0.05, 0) is 37.0 Å². The first-order chi connectivity index (χ1) is 9.95. The molecule has 0 radical (unpaired) electrons. The fourth-order valence-corrected chi connectivity index (χ4v) is 3.87. The van der Waals surface area contributed by atoms with Gasteiger partial charge in [-0.3, -0.25) is 0 Å². The number of sulfonamides is 1. The van der Waals surface area contributed by atoms with E-state index in [0.29, 0.717) is 18.7 Å². The zero-order chi connectivity index (χ0) is 15.5. The normalized spacial score (nSPS) is 19.9. The quantitative estimate of drug-likeness (QED) is 0.895. The fourth-order valence-electron chi connectivity index (χ4n) is 2.33. The van der Waals surface area contributed by atoms with Gasteiger partial charge in [-0.15, -0.1) is 0 Å². The van der Waals surface area contributed by atoms with Gasteiger partial charge in [0.2, 0.25) is 10.0 Å². The average Bonchev–Trinajstić information content (AvgIpc) is 2.48. The van der Waals surface area contributed by atoms with Gasteiger partial charge in [0.25, 0.3) is 0 Å². The standard InChI is InChI=1S/C14H20ClNO4S/c1-16(9-12-4-2-3-7-20-12)21(18,19)13-6-5-11(10-17)14(15)8-13/h5-6,8,12,17H,2-4,7,9-10H2,1H3. The maximum atomic E-state index is 12.5. The predicted octanol–water partition coefficient (Wildman–Crippen LogP) is 2.02. The molecule has 118 valence electrons. The van der Waals surface area contributed by atoms with Crippen LogP contribution in [0.25, 0.3) is 0 Å². The van der Waals surface area contributed by atoms with E-state index in [2.05, 4.69) is 0 Å². The number of nitrogens with zero attached hydrogens (tertiary/aromatic N) is 1. The molecule has 1 unspecified atom stereocenters. The molecule has 1 aliphatic rings. The minimum Gasteiger partial charge on any atom is -0.392 e. The van der Waals surface area contributed by atoms with E-state index in [1.807, 2.05) is 0 Å². The number of halogens is 1. The molecule has 1 atom stereocenters. The van der Waals surface area contributed by atoms with Gasteiger partial charge in [0.15, 0.2) is 0 Å². The highest BCUT2D eigenvalue weighted by Gasteiger charge is 2.25. The van der Waals surface area contributed by atoms with Gasteiger partial charge in [0.1, 0.15) is 0 Å². The van der Waals surface area contributed by atoms with Gasteiger partial charge in [0, 0.05) is 25.2 Å². The third-order valence-electron chi connectivity index (χ3n) is 3.64. The lowest BCUT2D eigenvalue weighted by molar-refractivity contribution is 0.00858. The topological polar surface area (TPSA) is 66.8 Å². The summed E-state index contributed by atoms with van der Waals surface area (Å²) in [5, 5.41) is 9.33. The van der Waals surface area contributed by atoms with Crippen LogP contribution in [-0.2, 0) is 21.4 Å². The Kier molecular flexibility index (Phi) is 5.62. The number of ether oxygens (including phenoxy) is 1. The smallest absolute Gasteiger partial charge is 0.242 e. The van der Waals surface area contributed by atoms with Crippen molar-refractivity contribution in [3.8, 4) is 0 Å². The van der Waals surface area contributed by atoms with Crippen molar-refractivity contribution in [2.45, 2.75) is 36.9 Å².